The summed E-state index contributed by atoms with van der Waals surface area (Å²) >= 11 is 0. The Morgan fingerprint density at radius 2 is 1.60 bits per heavy atom. The molecule has 0 bridgehead atoms. The highest BCUT2D eigenvalue weighted by atomic mass is 15.1. The van der Waals surface area contributed by atoms with Crippen molar-refractivity contribution in [3.8, 4) is 11.4 Å². The largest absolute Gasteiger partial charge is 0.233 e. The molecular weight excluding hydrogens is 188 g/mol. The highest BCUT2D eigenvalue weighted by molar-refractivity contribution is 5.53. The highest BCUT2D eigenvalue weighted by Crippen LogP contribution is 2.16. The Kier molecular flexibility index (Phi) is 2.41. The number of rotatable bonds is 1. The molecule has 0 saturated carbocycles. The molecule has 0 fully saturated rings. The van der Waals surface area contributed by atoms with Crippen LogP contribution in [0.2, 0.25) is 0 Å². The molecule has 2 aromatic rings. The Bertz CT molecular complexity index is 456. The Hall–Kier alpha value is -1.84. The Balaban J connectivity index is 2.56. The van der Waals surface area contributed by atoms with E-state index in [1.807, 2.05) is 26.8 Å². The van der Waals surface area contributed by atoms with Gasteiger partial charge in [0, 0.05) is 17.0 Å². The van der Waals surface area contributed by atoms with E-state index in [1.54, 1.807) is 12.4 Å². The first-order chi connectivity index (χ1) is 7.18. The molecule has 76 valence electrons. The second-order valence-electron chi connectivity index (χ2n) is 3.47. The zero-order chi connectivity index (χ0) is 10.8. The van der Waals surface area contributed by atoms with E-state index in [4.69, 9.17) is 0 Å². The third-order valence-electron chi connectivity index (χ3n) is 2.48. The lowest BCUT2D eigenvalue weighted by Gasteiger charge is -2.06. The zero-order valence-corrected chi connectivity index (χ0v) is 9.02. The van der Waals surface area contributed by atoms with E-state index in [0.717, 1.165) is 22.5 Å². The second kappa shape index (κ2) is 3.73. The predicted octanol–water partition coefficient (Wildman–Crippen LogP) is 1.86. The molecule has 0 saturated heterocycles. The lowest BCUT2D eigenvalue weighted by molar-refractivity contribution is 0.996. The van der Waals surface area contributed by atoms with Gasteiger partial charge in [-0.05, 0) is 32.4 Å². The van der Waals surface area contributed by atoms with Crippen LogP contribution in [-0.4, -0.2) is 20.2 Å². The molecule has 2 heterocycles. The summed E-state index contributed by atoms with van der Waals surface area (Å²) in [7, 11) is 0. The van der Waals surface area contributed by atoms with Crippen LogP contribution < -0.4 is 0 Å². The third kappa shape index (κ3) is 1.83. The van der Waals surface area contributed by atoms with Crippen LogP contribution >= 0.6 is 0 Å². The van der Waals surface area contributed by atoms with Crippen molar-refractivity contribution in [2.45, 2.75) is 20.8 Å². The van der Waals surface area contributed by atoms with Crippen LogP contribution in [0.15, 0.2) is 18.5 Å². The Morgan fingerprint density at radius 1 is 0.933 bits per heavy atom. The van der Waals surface area contributed by atoms with E-state index < -0.39 is 0 Å². The molecule has 2 aromatic heterocycles. The molecule has 0 aliphatic heterocycles. The zero-order valence-electron chi connectivity index (χ0n) is 9.02. The SMILES string of the molecule is Cc1nc(-c2ccnnc2)nc(C)c1C. The first kappa shape index (κ1) is 9.71. The van der Waals surface area contributed by atoms with E-state index >= 15 is 0 Å². The third-order valence-corrected chi connectivity index (χ3v) is 2.48. The normalized spacial score (nSPS) is 10.3. The molecule has 0 atom stereocenters. The minimum Gasteiger partial charge on any atom is -0.233 e. The van der Waals surface area contributed by atoms with Gasteiger partial charge in [0.2, 0.25) is 0 Å². The fraction of sp³-hybridized carbons (Fsp3) is 0.273. The van der Waals surface area contributed by atoms with Crippen LogP contribution in [-0.2, 0) is 0 Å². The standard InChI is InChI=1S/C11H12N4/c1-7-8(2)14-11(15-9(7)3)10-4-5-12-13-6-10/h4-6H,1-3H3. The van der Waals surface area contributed by atoms with Gasteiger partial charge < -0.3 is 0 Å². The minimum atomic E-state index is 0.713. The van der Waals surface area contributed by atoms with Crippen molar-refractivity contribution < 1.29 is 0 Å². The van der Waals surface area contributed by atoms with Crippen molar-refractivity contribution in [2.24, 2.45) is 0 Å². The molecule has 0 amide bonds. The average molecular weight is 200 g/mol. The number of aryl methyl sites for hydroxylation is 2. The van der Waals surface area contributed by atoms with Gasteiger partial charge in [0.05, 0.1) is 12.4 Å². The summed E-state index contributed by atoms with van der Waals surface area (Å²) in [5, 5.41) is 7.54. The quantitative estimate of drug-likeness (QED) is 0.705. The Labute approximate surface area is 88.4 Å². The number of aromatic nitrogens is 4. The van der Waals surface area contributed by atoms with Crippen molar-refractivity contribution in [2.75, 3.05) is 0 Å². The summed E-state index contributed by atoms with van der Waals surface area (Å²) in [6.45, 7) is 6.00. The van der Waals surface area contributed by atoms with Crippen LogP contribution in [0.25, 0.3) is 11.4 Å². The molecule has 0 radical (unpaired) electrons. The summed E-state index contributed by atoms with van der Waals surface area (Å²) in [4.78, 5) is 8.85. The summed E-state index contributed by atoms with van der Waals surface area (Å²) in [5.74, 6) is 0.713. The van der Waals surface area contributed by atoms with Crippen molar-refractivity contribution >= 4 is 0 Å². The van der Waals surface area contributed by atoms with Gasteiger partial charge in [0.15, 0.2) is 5.82 Å². The van der Waals surface area contributed by atoms with Crippen LogP contribution in [0.4, 0.5) is 0 Å². The van der Waals surface area contributed by atoms with Gasteiger partial charge in [-0.1, -0.05) is 0 Å². The van der Waals surface area contributed by atoms with E-state index in [2.05, 4.69) is 20.2 Å². The maximum atomic E-state index is 4.42. The highest BCUT2D eigenvalue weighted by Gasteiger charge is 2.06. The molecule has 0 unspecified atom stereocenters. The summed E-state index contributed by atoms with van der Waals surface area (Å²) < 4.78 is 0. The monoisotopic (exact) mass is 200 g/mol. The van der Waals surface area contributed by atoms with Crippen molar-refractivity contribution in [1.82, 2.24) is 20.2 Å². The van der Waals surface area contributed by atoms with Crippen LogP contribution in [0.1, 0.15) is 17.0 Å². The van der Waals surface area contributed by atoms with Crippen LogP contribution in [0, 0.1) is 20.8 Å². The van der Waals surface area contributed by atoms with Crippen molar-refractivity contribution in [3.05, 3.63) is 35.4 Å². The Morgan fingerprint density at radius 3 is 2.13 bits per heavy atom. The first-order valence-electron chi connectivity index (χ1n) is 4.77. The molecule has 4 nitrogen and oxygen atoms in total. The fourth-order valence-electron chi connectivity index (χ4n) is 1.32. The molecule has 0 spiro atoms. The molecule has 0 aliphatic rings. The van der Waals surface area contributed by atoms with Gasteiger partial charge >= 0.3 is 0 Å². The summed E-state index contributed by atoms with van der Waals surface area (Å²) in [5.41, 5.74) is 4.06. The lowest BCUT2D eigenvalue weighted by Crippen LogP contribution is -1.99. The first-order valence-corrected chi connectivity index (χ1v) is 4.77. The lowest BCUT2D eigenvalue weighted by atomic mass is 10.2. The maximum absolute atomic E-state index is 4.42. The topological polar surface area (TPSA) is 51.6 Å². The van der Waals surface area contributed by atoms with E-state index in [-0.39, 0.29) is 0 Å². The van der Waals surface area contributed by atoms with Gasteiger partial charge in [-0.3, -0.25) is 0 Å². The minimum absolute atomic E-state index is 0.713. The smallest absolute Gasteiger partial charge is 0.161 e. The van der Waals surface area contributed by atoms with Crippen LogP contribution in [0.3, 0.4) is 0 Å². The van der Waals surface area contributed by atoms with Crippen molar-refractivity contribution in [3.63, 3.8) is 0 Å². The number of nitrogens with zero attached hydrogens (tertiary/aromatic N) is 4. The van der Waals surface area contributed by atoms with Gasteiger partial charge in [-0.25, -0.2) is 9.97 Å². The van der Waals surface area contributed by atoms with Gasteiger partial charge in [-0.2, -0.15) is 10.2 Å². The van der Waals surface area contributed by atoms with Gasteiger partial charge in [-0.15, -0.1) is 0 Å². The van der Waals surface area contributed by atoms with E-state index in [1.165, 1.54) is 0 Å². The van der Waals surface area contributed by atoms with E-state index in [0.29, 0.717) is 5.82 Å². The van der Waals surface area contributed by atoms with Gasteiger partial charge in [0.25, 0.3) is 0 Å². The molecule has 0 aromatic carbocycles. The summed E-state index contributed by atoms with van der Waals surface area (Å²) in [6, 6.07) is 1.86. The van der Waals surface area contributed by atoms with Crippen LogP contribution in [0.5, 0.6) is 0 Å². The maximum Gasteiger partial charge on any atom is 0.161 e. The van der Waals surface area contributed by atoms with E-state index in [9.17, 15) is 0 Å². The summed E-state index contributed by atoms with van der Waals surface area (Å²) in [6.07, 6.45) is 3.31. The molecule has 4 heteroatoms. The fourth-order valence-corrected chi connectivity index (χ4v) is 1.32. The number of hydrogen-bond donors (Lipinski definition) is 0. The number of hydrogen-bond acceptors (Lipinski definition) is 4. The predicted molar refractivity (Wildman–Crippen MR) is 57.3 cm³/mol. The molecule has 0 N–H and O–H groups in total. The molecule has 2 rings (SSSR count). The second-order valence-corrected chi connectivity index (χ2v) is 3.47. The average Bonchev–Trinajstić information content (AvgIpc) is 2.26. The van der Waals surface area contributed by atoms with Crippen molar-refractivity contribution in [1.29, 1.82) is 0 Å². The molecular formula is C11H12N4. The molecule has 15 heavy (non-hydrogen) atoms. The molecule has 0 aliphatic carbocycles. The van der Waals surface area contributed by atoms with Gasteiger partial charge in [0.1, 0.15) is 0 Å².